The number of rotatable bonds is 4. The van der Waals surface area contributed by atoms with E-state index in [1.165, 1.54) is 0 Å². The summed E-state index contributed by atoms with van der Waals surface area (Å²) in [4.78, 5) is 20.6. The molecule has 3 heterocycles. The van der Waals surface area contributed by atoms with Crippen LogP contribution in [0.1, 0.15) is 49.3 Å². The molecule has 3 aromatic rings. The largest absolute Gasteiger partial charge is 0.439 e. The minimum absolute atomic E-state index is 0.0885. The lowest BCUT2D eigenvalue weighted by Crippen LogP contribution is -2.52. The van der Waals surface area contributed by atoms with Crippen molar-refractivity contribution in [1.82, 2.24) is 20.6 Å². The molecule has 1 saturated carbocycles. The van der Waals surface area contributed by atoms with Crippen molar-refractivity contribution in [2.24, 2.45) is 0 Å². The van der Waals surface area contributed by atoms with E-state index in [1.54, 1.807) is 6.07 Å². The molecule has 1 spiro atoms. The van der Waals surface area contributed by atoms with Crippen LogP contribution in [-0.4, -0.2) is 16.0 Å². The van der Waals surface area contributed by atoms with Crippen molar-refractivity contribution in [2.45, 2.75) is 50.7 Å². The van der Waals surface area contributed by atoms with E-state index in [-0.39, 0.29) is 24.8 Å². The Morgan fingerprint density at radius 1 is 1.19 bits per heavy atom. The second-order valence-electron chi connectivity index (χ2n) is 7.97. The molecule has 0 unspecified atom stereocenters. The van der Waals surface area contributed by atoms with Crippen LogP contribution in [0.5, 0.6) is 0 Å². The number of anilines is 1. The number of oxazole rings is 1. The summed E-state index contributed by atoms with van der Waals surface area (Å²) in [7, 11) is 0. The van der Waals surface area contributed by atoms with Crippen molar-refractivity contribution in [2.75, 3.05) is 5.32 Å². The van der Waals surface area contributed by atoms with Gasteiger partial charge in [-0.2, -0.15) is 0 Å². The normalized spacial score (nSPS) is 17.5. The van der Waals surface area contributed by atoms with Crippen molar-refractivity contribution < 1.29 is 18.0 Å². The number of nitrogens with one attached hydrogen (secondary N) is 3. The molecular weight excluding hydrogens is 428 g/mol. The number of halogens is 3. The number of fused-ring (bicyclic) bond motifs is 4. The summed E-state index contributed by atoms with van der Waals surface area (Å²) in [6, 6.07) is 2.19. The fraction of sp³-hybridized carbons (Fsp3) is 0.381. The molecule has 162 valence electrons. The fourth-order valence-electron chi connectivity index (χ4n) is 4.55. The number of carbonyl (C=O) groups is 1. The Kier molecular flexibility index (Phi) is 5.02. The quantitative estimate of drug-likeness (QED) is 0.537. The van der Waals surface area contributed by atoms with Gasteiger partial charge in [-0.15, -0.1) is 0 Å². The van der Waals surface area contributed by atoms with Gasteiger partial charge in [0.05, 0.1) is 34.7 Å². The lowest BCUT2D eigenvalue weighted by Gasteiger charge is -2.42. The molecule has 10 heteroatoms. The van der Waals surface area contributed by atoms with Crippen LogP contribution in [0.2, 0.25) is 5.02 Å². The number of benzene rings is 1. The van der Waals surface area contributed by atoms with Gasteiger partial charge < -0.3 is 20.4 Å². The Morgan fingerprint density at radius 3 is 2.77 bits per heavy atom. The van der Waals surface area contributed by atoms with E-state index in [1.807, 2.05) is 0 Å². The van der Waals surface area contributed by atoms with E-state index < -0.39 is 17.2 Å². The predicted molar refractivity (Wildman–Crippen MR) is 111 cm³/mol. The third-order valence-electron chi connectivity index (χ3n) is 5.91. The number of aromatic nitrogens is 2. The van der Waals surface area contributed by atoms with Gasteiger partial charge in [0.2, 0.25) is 5.89 Å². The van der Waals surface area contributed by atoms with Crippen LogP contribution in [-0.2, 0) is 18.6 Å². The number of hydrogen-bond donors (Lipinski definition) is 3. The molecule has 2 amide bonds. The van der Waals surface area contributed by atoms with Crippen molar-refractivity contribution in [3.8, 4) is 0 Å². The van der Waals surface area contributed by atoms with Gasteiger partial charge in [-0.3, -0.25) is 4.98 Å². The number of nitrogens with zero attached hydrogens (tertiary/aromatic N) is 2. The summed E-state index contributed by atoms with van der Waals surface area (Å²) in [6.45, 7) is 0.303. The summed E-state index contributed by atoms with van der Waals surface area (Å²) < 4.78 is 32.9. The lowest BCUT2D eigenvalue weighted by atomic mass is 9.74. The van der Waals surface area contributed by atoms with Crippen LogP contribution in [0.3, 0.4) is 0 Å². The first-order chi connectivity index (χ1) is 14.9. The Morgan fingerprint density at radius 2 is 2.00 bits per heavy atom. The summed E-state index contributed by atoms with van der Waals surface area (Å²) in [5, 5.41) is 9.33. The summed E-state index contributed by atoms with van der Waals surface area (Å²) in [6.07, 6.45) is 5.67. The van der Waals surface area contributed by atoms with E-state index in [2.05, 4.69) is 25.9 Å². The average Bonchev–Trinajstić information content (AvgIpc) is 3.12. The molecule has 0 radical (unpaired) electrons. The monoisotopic (exact) mass is 447 g/mol. The maximum Gasteiger partial charge on any atom is 0.319 e. The van der Waals surface area contributed by atoms with E-state index in [4.69, 9.17) is 16.0 Å². The van der Waals surface area contributed by atoms with Gasteiger partial charge in [-0.25, -0.2) is 18.6 Å². The van der Waals surface area contributed by atoms with Crippen LogP contribution in [0.25, 0.3) is 11.1 Å². The minimum atomic E-state index is -0.723. The standard InChI is InChI=1S/C21H20ClF2N5O2/c22-12-7-14-19(17-18(12)28-20(30)29-21(17)4-2-1-3-5-21)31-16(27-14)10-25-9-15-13(24)6-11(23)8-26-15/h6-8,25H,1-5,9-10H2,(H2,28,29,30). The fourth-order valence-corrected chi connectivity index (χ4v) is 4.80. The van der Waals surface area contributed by atoms with Gasteiger partial charge in [0.15, 0.2) is 5.58 Å². The summed E-state index contributed by atoms with van der Waals surface area (Å²) in [5.41, 5.74) is 2.13. The first-order valence-electron chi connectivity index (χ1n) is 10.2. The van der Waals surface area contributed by atoms with Crippen LogP contribution >= 0.6 is 11.6 Å². The summed E-state index contributed by atoms with van der Waals surface area (Å²) >= 11 is 6.49. The van der Waals surface area contributed by atoms with Crippen LogP contribution in [0.4, 0.5) is 19.3 Å². The van der Waals surface area contributed by atoms with Crippen molar-refractivity contribution in [1.29, 1.82) is 0 Å². The molecule has 1 aliphatic heterocycles. The average molecular weight is 448 g/mol. The lowest BCUT2D eigenvalue weighted by molar-refractivity contribution is 0.209. The summed E-state index contributed by atoms with van der Waals surface area (Å²) in [5.74, 6) is -1.05. The van der Waals surface area contributed by atoms with Gasteiger partial charge >= 0.3 is 6.03 Å². The van der Waals surface area contributed by atoms with Crippen LogP contribution < -0.4 is 16.0 Å². The Balaban J connectivity index is 1.46. The van der Waals surface area contributed by atoms with Gasteiger partial charge in [-0.05, 0) is 18.9 Å². The van der Waals surface area contributed by atoms with Crippen LogP contribution in [0.15, 0.2) is 22.7 Å². The second-order valence-corrected chi connectivity index (χ2v) is 8.38. The molecule has 31 heavy (non-hydrogen) atoms. The van der Waals surface area contributed by atoms with Crippen molar-refractivity contribution in [3.63, 3.8) is 0 Å². The molecule has 3 N–H and O–H groups in total. The highest BCUT2D eigenvalue weighted by Gasteiger charge is 2.44. The van der Waals surface area contributed by atoms with E-state index in [0.29, 0.717) is 27.7 Å². The minimum Gasteiger partial charge on any atom is -0.439 e. The highest BCUT2D eigenvalue weighted by atomic mass is 35.5. The molecule has 0 saturated heterocycles. The van der Waals surface area contributed by atoms with Gasteiger partial charge in [0.25, 0.3) is 0 Å². The Bertz CT molecular complexity index is 1180. The number of carbonyl (C=O) groups excluding carboxylic acids is 1. The number of urea groups is 1. The van der Waals surface area contributed by atoms with Crippen molar-refractivity contribution >= 4 is 34.4 Å². The zero-order valence-electron chi connectivity index (χ0n) is 16.5. The Hall–Kier alpha value is -2.78. The molecular formula is C21H20ClF2N5O2. The first kappa shape index (κ1) is 20.1. The SMILES string of the molecule is O=C1Nc2c(Cl)cc3nc(CNCc4ncc(F)cc4F)oc3c2C2(CCCCC2)N1. The van der Waals surface area contributed by atoms with E-state index in [0.717, 1.165) is 49.9 Å². The molecule has 2 aliphatic rings. The number of amides is 2. The second kappa shape index (κ2) is 7.72. The maximum absolute atomic E-state index is 13.8. The molecule has 7 nitrogen and oxygen atoms in total. The highest BCUT2D eigenvalue weighted by molar-refractivity contribution is 6.35. The zero-order chi connectivity index (χ0) is 21.6. The Labute approximate surface area is 181 Å². The van der Waals surface area contributed by atoms with E-state index >= 15 is 0 Å². The molecule has 0 bridgehead atoms. The smallest absolute Gasteiger partial charge is 0.319 e. The maximum atomic E-state index is 13.8. The van der Waals surface area contributed by atoms with Gasteiger partial charge in [0.1, 0.15) is 17.2 Å². The first-order valence-corrected chi connectivity index (χ1v) is 10.6. The third-order valence-corrected chi connectivity index (χ3v) is 6.20. The van der Waals surface area contributed by atoms with Crippen LogP contribution in [0, 0.1) is 11.6 Å². The van der Waals surface area contributed by atoms with E-state index in [9.17, 15) is 13.6 Å². The molecule has 1 aliphatic carbocycles. The number of pyridine rings is 1. The topological polar surface area (TPSA) is 92.1 Å². The van der Waals surface area contributed by atoms with Crippen molar-refractivity contribution in [3.05, 3.63) is 52.1 Å². The third kappa shape index (κ3) is 3.61. The molecule has 2 aromatic heterocycles. The molecule has 1 aromatic carbocycles. The number of hydrogen-bond acceptors (Lipinski definition) is 5. The molecule has 5 rings (SSSR count). The zero-order valence-corrected chi connectivity index (χ0v) is 17.3. The van der Waals surface area contributed by atoms with Gasteiger partial charge in [0, 0.05) is 18.2 Å². The molecule has 1 fully saturated rings. The highest BCUT2D eigenvalue weighted by Crippen LogP contribution is 2.48. The van der Waals surface area contributed by atoms with Gasteiger partial charge in [-0.1, -0.05) is 30.9 Å². The molecule has 0 atom stereocenters. The predicted octanol–water partition coefficient (Wildman–Crippen LogP) is 4.74.